The first kappa shape index (κ1) is 12.3. The molecule has 0 unspecified atom stereocenters. The van der Waals surface area contributed by atoms with E-state index in [1.54, 1.807) is 25.1 Å². The van der Waals surface area contributed by atoms with E-state index < -0.39 is 0 Å². The molecule has 0 bridgehead atoms. The molecule has 2 aromatic rings. The minimum Gasteiger partial charge on any atom is -0.361 e. The van der Waals surface area contributed by atoms with Gasteiger partial charge >= 0.3 is 0 Å². The number of anilines is 1. The van der Waals surface area contributed by atoms with Crippen molar-refractivity contribution in [2.24, 2.45) is 0 Å². The highest BCUT2D eigenvalue weighted by Gasteiger charge is 2.14. The number of halogens is 1. The highest BCUT2D eigenvalue weighted by atomic mass is 79.9. The molecule has 1 aromatic carbocycles. The smallest absolute Gasteiger partial charge is 0.260 e. The maximum Gasteiger partial charge on any atom is 0.260 e. The van der Waals surface area contributed by atoms with Crippen molar-refractivity contribution < 1.29 is 9.32 Å². The summed E-state index contributed by atoms with van der Waals surface area (Å²) in [4.78, 5) is 11.9. The lowest BCUT2D eigenvalue weighted by Crippen LogP contribution is -2.13. The molecule has 5 nitrogen and oxygen atoms in total. The molecule has 0 aliphatic rings. The standard InChI is InChI=1S/C12H8BrN3O2/c1-7-10(6-15-18-7)12(17)16-11-4-9(13)3-2-8(11)5-14/h2-4,6H,1H3,(H,16,17). The quantitative estimate of drug-likeness (QED) is 0.925. The number of amides is 1. The molecule has 18 heavy (non-hydrogen) atoms. The molecule has 0 saturated carbocycles. The predicted molar refractivity (Wildman–Crippen MR) is 68.1 cm³/mol. The summed E-state index contributed by atoms with van der Waals surface area (Å²) in [6.07, 6.45) is 1.34. The summed E-state index contributed by atoms with van der Waals surface area (Å²) in [5.41, 5.74) is 1.18. The van der Waals surface area contributed by atoms with Crippen LogP contribution in [-0.2, 0) is 0 Å². The average Bonchev–Trinajstić information content (AvgIpc) is 2.76. The maximum absolute atomic E-state index is 11.9. The number of hydrogen-bond acceptors (Lipinski definition) is 4. The molecule has 0 spiro atoms. The first-order chi connectivity index (χ1) is 8.61. The zero-order valence-electron chi connectivity index (χ0n) is 9.40. The van der Waals surface area contributed by atoms with E-state index in [4.69, 9.17) is 9.78 Å². The molecular weight excluding hydrogens is 298 g/mol. The molecule has 6 heteroatoms. The molecule has 0 radical (unpaired) electrons. The van der Waals surface area contributed by atoms with Crippen LogP contribution in [0.2, 0.25) is 0 Å². The number of nitriles is 1. The number of rotatable bonds is 2. The van der Waals surface area contributed by atoms with E-state index >= 15 is 0 Å². The van der Waals surface area contributed by atoms with Crippen molar-refractivity contribution in [1.29, 1.82) is 5.26 Å². The Balaban J connectivity index is 2.30. The molecule has 0 aliphatic carbocycles. The molecule has 0 atom stereocenters. The summed E-state index contributed by atoms with van der Waals surface area (Å²) in [5, 5.41) is 15.1. The predicted octanol–water partition coefficient (Wildman–Crippen LogP) is 2.87. The average molecular weight is 306 g/mol. The van der Waals surface area contributed by atoms with Gasteiger partial charge in [0.2, 0.25) is 0 Å². The molecule has 1 heterocycles. The van der Waals surface area contributed by atoms with Crippen LogP contribution in [0.15, 0.2) is 33.4 Å². The molecule has 0 fully saturated rings. The summed E-state index contributed by atoms with van der Waals surface area (Å²) in [5.74, 6) is 0.0735. The van der Waals surface area contributed by atoms with E-state index in [1.807, 2.05) is 6.07 Å². The molecule has 1 aromatic heterocycles. The second-order valence-corrected chi connectivity index (χ2v) is 4.47. The Labute approximate surface area is 112 Å². The molecule has 0 aliphatic heterocycles. The van der Waals surface area contributed by atoms with Crippen molar-refractivity contribution >= 4 is 27.5 Å². The lowest BCUT2D eigenvalue weighted by molar-refractivity contribution is 0.102. The van der Waals surface area contributed by atoms with Gasteiger partial charge in [0.25, 0.3) is 5.91 Å². The first-order valence-electron chi connectivity index (χ1n) is 5.04. The van der Waals surface area contributed by atoms with Gasteiger partial charge in [-0.15, -0.1) is 0 Å². The second kappa shape index (κ2) is 5.02. The first-order valence-corrected chi connectivity index (χ1v) is 5.83. The van der Waals surface area contributed by atoms with Gasteiger partial charge in [-0.1, -0.05) is 21.1 Å². The molecule has 2 rings (SSSR count). The second-order valence-electron chi connectivity index (χ2n) is 3.55. The van der Waals surface area contributed by atoms with Crippen LogP contribution in [0.1, 0.15) is 21.7 Å². The monoisotopic (exact) mass is 305 g/mol. The van der Waals surface area contributed by atoms with Gasteiger partial charge in [-0.25, -0.2) is 0 Å². The number of benzene rings is 1. The molecule has 1 N–H and O–H groups in total. The third kappa shape index (κ3) is 2.41. The normalized spacial score (nSPS) is 9.83. The molecule has 90 valence electrons. The number of nitrogens with one attached hydrogen (secondary N) is 1. The Morgan fingerprint density at radius 2 is 2.33 bits per heavy atom. The molecule has 0 saturated heterocycles. The van der Waals surface area contributed by atoms with Crippen LogP contribution in [0.25, 0.3) is 0 Å². The number of nitrogens with zero attached hydrogens (tertiary/aromatic N) is 2. The van der Waals surface area contributed by atoms with Crippen molar-refractivity contribution in [1.82, 2.24) is 5.16 Å². The Morgan fingerprint density at radius 1 is 1.56 bits per heavy atom. The minimum absolute atomic E-state index is 0.346. The van der Waals surface area contributed by atoms with Gasteiger partial charge in [0.1, 0.15) is 17.4 Å². The summed E-state index contributed by atoms with van der Waals surface area (Å²) in [6.45, 7) is 1.65. The summed E-state index contributed by atoms with van der Waals surface area (Å²) >= 11 is 3.29. The van der Waals surface area contributed by atoms with Crippen LogP contribution in [0.3, 0.4) is 0 Å². The number of carbonyl (C=O) groups excluding carboxylic acids is 1. The minimum atomic E-state index is -0.358. The van der Waals surface area contributed by atoms with Crippen LogP contribution < -0.4 is 5.32 Å². The van der Waals surface area contributed by atoms with Crippen LogP contribution in [0.5, 0.6) is 0 Å². The van der Waals surface area contributed by atoms with Gasteiger partial charge < -0.3 is 9.84 Å². The Kier molecular flexibility index (Phi) is 3.44. The van der Waals surface area contributed by atoms with Crippen molar-refractivity contribution in [3.8, 4) is 6.07 Å². The van der Waals surface area contributed by atoms with Crippen LogP contribution >= 0.6 is 15.9 Å². The van der Waals surface area contributed by atoms with Crippen LogP contribution in [0.4, 0.5) is 5.69 Å². The van der Waals surface area contributed by atoms with E-state index in [0.29, 0.717) is 22.6 Å². The van der Waals surface area contributed by atoms with E-state index in [-0.39, 0.29) is 5.91 Å². The largest absolute Gasteiger partial charge is 0.361 e. The zero-order chi connectivity index (χ0) is 13.1. The fourth-order valence-corrected chi connectivity index (χ4v) is 1.78. The fourth-order valence-electron chi connectivity index (χ4n) is 1.42. The van der Waals surface area contributed by atoms with Crippen LogP contribution in [-0.4, -0.2) is 11.1 Å². The lowest BCUT2D eigenvalue weighted by Gasteiger charge is -2.06. The van der Waals surface area contributed by atoms with Gasteiger partial charge in [0, 0.05) is 4.47 Å². The Bertz CT molecular complexity index is 643. The maximum atomic E-state index is 11.9. The van der Waals surface area contributed by atoms with Gasteiger partial charge in [0.15, 0.2) is 0 Å². The van der Waals surface area contributed by atoms with Gasteiger partial charge in [-0.3, -0.25) is 4.79 Å². The number of carbonyl (C=O) groups is 1. The number of hydrogen-bond donors (Lipinski definition) is 1. The Morgan fingerprint density at radius 3 is 2.94 bits per heavy atom. The van der Waals surface area contributed by atoms with Crippen LogP contribution in [0, 0.1) is 18.3 Å². The van der Waals surface area contributed by atoms with E-state index in [2.05, 4.69) is 26.4 Å². The van der Waals surface area contributed by atoms with Crippen molar-refractivity contribution in [2.75, 3.05) is 5.32 Å². The summed E-state index contributed by atoms with van der Waals surface area (Å²) < 4.78 is 5.60. The molecular formula is C12H8BrN3O2. The van der Waals surface area contributed by atoms with Gasteiger partial charge in [-0.05, 0) is 25.1 Å². The molecule has 1 amide bonds. The zero-order valence-corrected chi connectivity index (χ0v) is 11.0. The number of aromatic nitrogens is 1. The van der Waals surface area contributed by atoms with Crippen molar-refractivity contribution in [2.45, 2.75) is 6.92 Å². The Hall–Kier alpha value is -2.13. The third-order valence-electron chi connectivity index (χ3n) is 2.35. The summed E-state index contributed by atoms with van der Waals surface area (Å²) in [7, 11) is 0. The van der Waals surface area contributed by atoms with E-state index in [9.17, 15) is 4.79 Å². The third-order valence-corrected chi connectivity index (χ3v) is 2.84. The van der Waals surface area contributed by atoms with Gasteiger partial charge in [-0.2, -0.15) is 5.26 Å². The van der Waals surface area contributed by atoms with Gasteiger partial charge in [0.05, 0.1) is 17.4 Å². The SMILES string of the molecule is Cc1oncc1C(=O)Nc1cc(Br)ccc1C#N. The van der Waals surface area contributed by atoms with Crippen molar-refractivity contribution in [3.63, 3.8) is 0 Å². The number of aryl methyl sites for hydroxylation is 1. The van der Waals surface area contributed by atoms with E-state index in [0.717, 1.165) is 4.47 Å². The lowest BCUT2D eigenvalue weighted by atomic mass is 10.2. The highest BCUT2D eigenvalue weighted by molar-refractivity contribution is 9.10. The summed E-state index contributed by atoms with van der Waals surface area (Å²) in [6, 6.07) is 7.04. The highest BCUT2D eigenvalue weighted by Crippen LogP contribution is 2.21. The topological polar surface area (TPSA) is 78.9 Å². The van der Waals surface area contributed by atoms with E-state index in [1.165, 1.54) is 6.20 Å². The fraction of sp³-hybridized carbons (Fsp3) is 0.0833. The van der Waals surface area contributed by atoms with Crippen molar-refractivity contribution in [3.05, 3.63) is 45.8 Å².